The number of ether oxygens (including phenoxy) is 1. The van der Waals surface area contributed by atoms with E-state index in [1.165, 1.54) is 12.5 Å². The van der Waals surface area contributed by atoms with Gasteiger partial charge in [0.1, 0.15) is 5.75 Å². The Balaban J connectivity index is 1.48. The zero-order valence-corrected chi connectivity index (χ0v) is 15.6. The molecule has 3 rings (SSSR count). The topological polar surface area (TPSA) is 58.2 Å². The van der Waals surface area contributed by atoms with Crippen LogP contribution in [-0.4, -0.2) is 36.5 Å². The maximum Gasteiger partial charge on any atom is 0.195 e. The SMILES string of the molecule is CC(=O)c1nc2ccc(CCCCOc3cccc(N(C)C)c3)cc2[nH]1. The van der Waals surface area contributed by atoms with Gasteiger partial charge in [0, 0.05) is 32.8 Å². The first-order valence-corrected chi connectivity index (χ1v) is 8.93. The van der Waals surface area contributed by atoms with Gasteiger partial charge in [-0.15, -0.1) is 0 Å². The highest BCUT2D eigenvalue weighted by atomic mass is 16.5. The van der Waals surface area contributed by atoms with Crippen molar-refractivity contribution in [2.24, 2.45) is 0 Å². The van der Waals surface area contributed by atoms with Crippen molar-refractivity contribution in [3.63, 3.8) is 0 Å². The van der Waals surface area contributed by atoms with E-state index >= 15 is 0 Å². The fourth-order valence-electron chi connectivity index (χ4n) is 2.85. The summed E-state index contributed by atoms with van der Waals surface area (Å²) in [7, 11) is 4.05. The van der Waals surface area contributed by atoms with Crippen molar-refractivity contribution in [2.75, 3.05) is 25.6 Å². The molecule has 0 radical (unpaired) electrons. The number of hydrogen-bond donors (Lipinski definition) is 1. The third-order valence-corrected chi connectivity index (χ3v) is 4.34. The van der Waals surface area contributed by atoms with E-state index in [2.05, 4.69) is 39.1 Å². The highest BCUT2D eigenvalue weighted by Crippen LogP contribution is 2.20. The molecule has 1 N–H and O–H groups in total. The molecule has 5 heteroatoms. The van der Waals surface area contributed by atoms with Crippen LogP contribution in [0.5, 0.6) is 5.75 Å². The molecule has 0 aliphatic rings. The summed E-state index contributed by atoms with van der Waals surface area (Å²) in [4.78, 5) is 20.8. The molecule has 0 saturated heterocycles. The van der Waals surface area contributed by atoms with Gasteiger partial charge in [0.2, 0.25) is 0 Å². The van der Waals surface area contributed by atoms with Crippen LogP contribution in [-0.2, 0) is 6.42 Å². The molecule has 0 aliphatic carbocycles. The standard InChI is InChI=1S/C21H25N3O2/c1-15(25)21-22-19-11-10-16(13-20(19)23-21)7-4-5-12-26-18-9-6-8-17(14-18)24(2)3/h6,8-11,13-14H,4-5,7,12H2,1-3H3,(H,22,23). The summed E-state index contributed by atoms with van der Waals surface area (Å²) < 4.78 is 5.85. The van der Waals surface area contributed by atoms with Crippen LogP contribution >= 0.6 is 0 Å². The van der Waals surface area contributed by atoms with Crippen LogP contribution in [0.4, 0.5) is 5.69 Å². The molecule has 1 aromatic heterocycles. The number of nitrogens with zero attached hydrogens (tertiary/aromatic N) is 2. The fourth-order valence-corrected chi connectivity index (χ4v) is 2.85. The Kier molecular flexibility index (Phi) is 5.56. The zero-order valence-electron chi connectivity index (χ0n) is 15.6. The van der Waals surface area contributed by atoms with Crippen LogP contribution in [0.2, 0.25) is 0 Å². The van der Waals surface area contributed by atoms with Crippen molar-refractivity contribution in [3.8, 4) is 5.75 Å². The number of carbonyl (C=O) groups is 1. The molecule has 0 fully saturated rings. The Hall–Kier alpha value is -2.82. The highest BCUT2D eigenvalue weighted by Gasteiger charge is 2.07. The number of carbonyl (C=O) groups excluding carboxylic acids is 1. The van der Waals surface area contributed by atoms with Gasteiger partial charge in [-0.3, -0.25) is 4.79 Å². The minimum atomic E-state index is -0.0433. The Labute approximate surface area is 154 Å². The molecule has 0 bridgehead atoms. The zero-order chi connectivity index (χ0) is 18.5. The normalized spacial score (nSPS) is 10.9. The van der Waals surface area contributed by atoms with Crippen LogP contribution in [0.1, 0.15) is 35.9 Å². The number of rotatable bonds is 8. The number of hydrogen-bond acceptors (Lipinski definition) is 4. The van der Waals surface area contributed by atoms with Gasteiger partial charge < -0.3 is 14.6 Å². The van der Waals surface area contributed by atoms with Crippen molar-refractivity contribution in [2.45, 2.75) is 26.2 Å². The maximum atomic E-state index is 11.4. The van der Waals surface area contributed by atoms with Gasteiger partial charge in [-0.2, -0.15) is 0 Å². The summed E-state index contributed by atoms with van der Waals surface area (Å²) >= 11 is 0. The van der Waals surface area contributed by atoms with Gasteiger partial charge in [-0.25, -0.2) is 4.98 Å². The van der Waals surface area contributed by atoms with E-state index in [0.717, 1.165) is 41.7 Å². The van der Waals surface area contributed by atoms with Gasteiger partial charge in [0.15, 0.2) is 11.6 Å². The number of unbranched alkanes of at least 4 members (excludes halogenated alkanes) is 1. The average Bonchev–Trinajstić information content (AvgIpc) is 3.05. The Morgan fingerprint density at radius 2 is 2.00 bits per heavy atom. The minimum absolute atomic E-state index is 0.0433. The fraction of sp³-hybridized carbons (Fsp3) is 0.333. The largest absolute Gasteiger partial charge is 0.494 e. The highest BCUT2D eigenvalue weighted by molar-refractivity contribution is 5.94. The predicted octanol–water partition coefficient (Wildman–Crippen LogP) is 4.23. The number of imidazole rings is 1. The first kappa shape index (κ1) is 18.0. The van der Waals surface area contributed by atoms with E-state index in [4.69, 9.17) is 4.74 Å². The molecule has 5 nitrogen and oxygen atoms in total. The van der Waals surface area contributed by atoms with E-state index in [1.54, 1.807) is 0 Å². The molecule has 26 heavy (non-hydrogen) atoms. The smallest absolute Gasteiger partial charge is 0.195 e. The summed E-state index contributed by atoms with van der Waals surface area (Å²) in [5.74, 6) is 1.29. The quantitative estimate of drug-likeness (QED) is 0.487. The summed E-state index contributed by atoms with van der Waals surface area (Å²) in [5, 5.41) is 0. The van der Waals surface area contributed by atoms with Crippen molar-refractivity contribution in [1.29, 1.82) is 0 Å². The third-order valence-electron chi connectivity index (χ3n) is 4.34. The predicted molar refractivity (Wildman–Crippen MR) is 105 cm³/mol. The second-order valence-electron chi connectivity index (χ2n) is 6.69. The van der Waals surface area contributed by atoms with E-state index in [-0.39, 0.29) is 5.78 Å². The summed E-state index contributed by atoms with van der Waals surface area (Å²) in [6, 6.07) is 14.3. The number of anilines is 1. The van der Waals surface area contributed by atoms with E-state index < -0.39 is 0 Å². The molecular weight excluding hydrogens is 326 g/mol. The lowest BCUT2D eigenvalue weighted by molar-refractivity contribution is 0.100. The molecule has 0 unspecified atom stereocenters. The molecule has 3 aromatic rings. The Morgan fingerprint density at radius 3 is 2.77 bits per heavy atom. The number of nitrogens with one attached hydrogen (secondary N) is 1. The summed E-state index contributed by atoms with van der Waals surface area (Å²) in [6.45, 7) is 2.23. The molecule has 0 amide bonds. The van der Waals surface area contributed by atoms with Crippen molar-refractivity contribution >= 4 is 22.5 Å². The number of H-pyrrole nitrogens is 1. The Morgan fingerprint density at radius 1 is 1.15 bits per heavy atom. The van der Waals surface area contributed by atoms with E-state index in [9.17, 15) is 4.79 Å². The van der Waals surface area contributed by atoms with Gasteiger partial charge >= 0.3 is 0 Å². The number of benzene rings is 2. The van der Waals surface area contributed by atoms with Gasteiger partial charge in [-0.05, 0) is 49.1 Å². The maximum absolute atomic E-state index is 11.4. The lowest BCUT2D eigenvalue weighted by Crippen LogP contribution is -2.08. The van der Waals surface area contributed by atoms with Gasteiger partial charge in [0.25, 0.3) is 0 Å². The van der Waals surface area contributed by atoms with Crippen LogP contribution in [0.3, 0.4) is 0 Å². The van der Waals surface area contributed by atoms with Crippen molar-refractivity contribution in [1.82, 2.24) is 9.97 Å². The molecule has 0 aliphatic heterocycles. The second-order valence-corrected chi connectivity index (χ2v) is 6.69. The van der Waals surface area contributed by atoms with Crippen LogP contribution in [0.25, 0.3) is 11.0 Å². The molecule has 2 aromatic carbocycles. The Bertz CT molecular complexity index is 899. The molecule has 0 atom stereocenters. The summed E-state index contributed by atoms with van der Waals surface area (Å²) in [6.07, 6.45) is 3.02. The number of ketones is 1. The summed E-state index contributed by atoms with van der Waals surface area (Å²) in [5.41, 5.74) is 4.14. The first-order valence-electron chi connectivity index (χ1n) is 8.93. The molecule has 1 heterocycles. The minimum Gasteiger partial charge on any atom is -0.494 e. The number of aromatic amines is 1. The van der Waals surface area contributed by atoms with Crippen LogP contribution in [0, 0.1) is 0 Å². The number of fused-ring (bicyclic) bond motifs is 1. The van der Waals surface area contributed by atoms with Crippen molar-refractivity contribution < 1.29 is 9.53 Å². The van der Waals surface area contributed by atoms with E-state index in [1.807, 2.05) is 32.3 Å². The van der Waals surface area contributed by atoms with Crippen LogP contribution in [0.15, 0.2) is 42.5 Å². The first-order chi connectivity index (χ1) is 12.5. The van der Waals surface area contributed by atoms with Crippen LogP contribution < -0.4 is 9.64 Å². The number of aromatic nitrogens is 2. The number of Topliss-reactive ketones (excluding diaryl/α,β-unsaturated/α-hetero) is 1. The third kappa shape index (κ3) is 4.42. The molecular formula is C21H25N3O2. The molecule has 136 valence electrons. The average molecular weight is 351 g/mol. The monoisotopic (exact) mass is 351 g/mol. The lowest BCUT2D eigenvalue weighted by atomic mass is 10.1. The van der Waals surface area contributed by atoms with Gasteiger partial charge in [-0.1, -0.05) is 12.1 Å². The van der Waals surface area contributed by atoms with E-state index in [0.29, 0.717) is 12.4 Å². The lowest BCUT2D eigenvalue weighted by Gasteiger charge is -2.14. The molecule has 0 spiro atoms. The number of aryl methyl sites for hydroxylation is 1. The van der Waals surface area contributed by atoms with Gasteiger partial charge in [0.05, 0.1) is 17.6 Å². The second kappa shape index (κ2) is 8.04. The molecule has 0 saturated carbocycles. The van der Waals surface area contributed by atoms with Crippen molar-refractivity contribution in [3.05, 3.63) is 53.9 Å².